The average Bonchev–Trinajstić information content (AvgIpc) is 3.21. The number of rotatable bonds is 4. The van der Waals surface area contributed by atoms with Gasteiger partial charge in [-0.25, -0.2) is 9.97 Å². The average molecular weight is 338 g/mol. The SMILES string of the molecule is CSc1ccc(CN2CC[C@@H](c3nc4cccnc4n3C)C2)cc1. The molecule has 1 atom stereocenters. The van der Waals surface area contributed by atoms with E-state index in [-0.39, 0.29) is 0 Å². The van der Waals surface area contributed by atoms with E-state index in [1.165, 1.54) is 22.7 Å². The predicted octanol–water partition coefficient (Wildman–Crippen LogP) is 3.68. The van der Waals surface area contributed by atoms with E-state index >= 15 is 0 Å². The van der Waals surface area contributed by atoms with Gasteiger partial charge in [-0.05, 0) is 49.1 Å². The molecule has 3 heterocycles. The van der Waals surface area contributed by atoms with E-state index < -0.39 is 0 Å². The highest BCUT2D eigenvalue weighted by Crippen LogP contribution is 2.29. The predicted molar refractivity (Wildman–Crippen MR) is 99.4 cm³/mol. The molecule has 124 valence electrons. The zero-order valence-electron chi connectivity index (χ0n) is 14.1. The van der Waals surface area contributed by atoms with Gasteiger partial charge in [-0.2, -0.15) is 0 Å². The summed E-state index contributed by atoms with van der Waals surface area (Å²) in [7, 11) is 2.08. The van der Waals surface area contributed by atoms with Gasteiger partial charge in [-0.15, -0.1) is 11.8 Å². The summed E-state index contributed by atoms with van der Waals surface area (Å²) in [5.41, 5.74) is 3.37. The molecule has 0 radical (unpaired) electrons. The molecule has 5 heteroatoms. The van der Waals surface area contributed by atoms with Gasteiger partial charge in [-0.1, -0.05) is 12.1 Å². The van der Waals surface area contributed by atoms with Crippen molar-refractivity contribution in [1.29, 1.82) is 0 Å². The fraction of sp³-hybridized carbons (Fsp3) is 0.368. The zero-order chi connectivity index (χ0) is 16.5. The first-order valence-electron chi connectivity index (χ1n) is 8.37. The van der Waals surface area contributed by atoms with Crippen molar-refractivity contribution in [2.24, 2.45) is 7.05 Å². The fourth-order valence-electron chi connectivity index (χ4n) is 3.58. The second-order valence-electron chi connectivity index (χ2n) is 6.44. The van der Waals surface area contributed by atoms with Crippen molar-refractivity contribution in [3.8, 4) is 0 Å². The molecule has 0 amide bonds. The van der Waals surface area contributed by atoms with Gasteiger partial charge in [0.15, 0.2) is 5.65 Å². The number of hydrogen-bond donors (Lipinski definition) is 0. The standard InChI is InChI=1S/C19H22N4S/c1-22-18(21-17-4-3-10-20-19(17)22)15-9-11-23(13-15)12-14-5-7-16(24-2)8-6-14/h3-8,10,15H,9,11-13H2,1-2H3/t15-/m1/s1. The van der Waals surface area contributed by atoms with E-state index in [1.54, 1.807) is 11.8 Å². The number of aromatic nitrogens is 3. The molecule has 1 aromatic carbocycles. The highest BCUT2D eigenvalue weighted by molar-refractivity contribution is 7.98. The van der Waals surface area contributed by atoms with Crippen LogP contribution in [0, 0.1) is 0 Å². The normalized spacial score (nSPS) is 18.5. The maximum Gasteiger partial charge on any atom is 0.159 e. The Labute approximate surface area is 146 Å². The molecule has 2 aromatic heterocycles. The Kier molecular flexibility index (Phi) is 4.29. The summed E-state index contributed by atoms with van der Waals surface area (Å²) >= 11 is 1.79. The van der Waals surface area contributed by atoms with Crippen LogP contribution in [0.4, 0.5) is 0 Å². The van der Waals surface area contributed by atoms with E-state index in [1.807, 2.05) is 18.3 Å². The monoisotopic (exact) mass is 338 g/mol. The van der Waals surface area contributed by atoms with Crippen LogP contribution in [0.25, 0.3) is 11.2 Å². The summed E-state index contributed by atoms with van der Waals surface area (Å²) in [5, 5.41) is 0. The smallest absolute Gasteiger partial charge is 0.159 e. The summed E-state index contributed by atoms with van der Waals surface area (Å²) in [4.78, 5) is 13.1. The zero-order valence-corrected chi connectivity index (χ0v) is 15.0. The molecule has 0 spiro atoms. The highest BCUT2D eigenvalue weighted by atomic mass is 32.2. The van der Waals surface area contributed by atoms with Gasteiger partial charge < -0.3 is 4.57 Å². The van der Waals surface area contributed by atoms with Gasteiger partial charge in [0.25, 0.3) is 0 Å². The molecule has 0 aliphatic carbocycles. The molecule has 1 fully saturated rings. The Balaban J connectivity index is 1.48. The number of thioether (sulfide) groups is 1. The van der Waals surface area contributed by atoms with Crippen molar-refractivity contribution in [2.45, 2.75) is 23.8 Å². The van der Waals surface area contributed by atoms with E-state index in [0.29, 0.717) is 5.92 Å². The Morgan fingerprint density at radius 2 is 2.04 bits per heavy atom. The molecule has 0 unspecified atom stereocenters. The maximum absolute atomic E-state index is 4.83. The lowest BCUT2D eigenvalue weighted by atomic mass is 10.1. The lowest BCUT2D eigenvalue weighted by Gasteiger charge is -2.16. The van der Waals surface area contributed by atoms with Gasteiger partial charge in [0.2, 0.25) is 0 Å². The van der Waals surface area contributed by atoms with Crippen LogP contribution in [-0.4, -0.2) is 38.8 Å². The van der Waals surface area contributed by atoms with Gasteiger partial charge in [0, 0.05) is 37.1 Å². The van der Waals surface area contributed by atoms with Crippen LogP contribution in [0.2, 0.25) is 0 Å². The number of hydrogen-bond acceptors (Lipinski definition) is 4. The van der Waals surface area contributed by atoms with Crippen molar-refractivity contribution in [1.82, 2.24) is 19.4 Å². The van der Waals surface area contributed by atoms with E-state index in [2.05, 4.69) is 52.0 Å². The van der Waals surface area contributed by atoms with Crippen LogP contribution < -0.4 is 0 Å². The van der Waals surface area contributed by atoms with Crippen LogP contribution in [-0.2, 0) is 13.6 Å². The van der Waals surface area contributed by atoms with Crippen LogP contribution in [0.3, 0.4) is 0 Å². The molecule has 4 nitrogen and oxygen atoms in total. The molecule has 4 rings (SSSR count). The van der Waals surface area contributed by atoms with Crippen molar-refractivity contribution < 1.29 is 0 Å². The molecule has 1 aliphatic rings. The number of nitrogens with zero attached hydrogens (tertiary/aromatic N) is 4. The lowest BCUT2D eigenvalue weighted by Crippen LogP contribution is -2.20. The third kappa shape index (κ3) is 2.94. The minimum atomic E-state index is 0.495. The Bertz CT molecular complexity index is 840. The summed E-state index contributed by atoms with van der Waals surface area (Å²) < 4.78 is 2.16. The number of imidazole rings is 1. The van der Waals surface area contributed by atoms with Crippen LogP contribution in [0.15, 0.2) is 47.5 Å². The van der Waals surface area contributed by atoms with Crippen molar-refractivity contribution in [3.63, 3.8) is 0 Å². The Morgan fingerprint density at radius 3 is 2.79 bits per heavy atom. The van der Waals surface area contributed by atoms with E-state index in [9.17, 15) is 0 Å². The molecule has 24 heavy (non-hydrogen) atoms. The Hall–Kier alpha value is -1.85. The second kappa shape index (κ2) is 6.57. The molecule has 0 N–H and O–H groups in total. The fourth-order valence-corrected chi connectivity index (χ4v) is 3.99. The number of benzene rings is 1. The highest BCUT2D eigenvalue weighted by Gasteiger charge is 2.27. The van der Waals surface area contributed by atoms with Crippen LogP contribution in [0.1, 0.15) is 23.7 Å². The minimum absolute atomic E-state index is 0.495. The van der Waals surface area contributed by atoms with Crippen molar-refractivity contribution in [3.05, 3.63) is 54.0 Å². The van der Waals surface area contributed by atoms with Crippen molar-refractivity contribution in [2.75, 3.05) is 19.3 Å². The summed E-state index contributed by atoms with van der Waals surface area (Å²) in [5.74, 6) is 1.67. The largest absolute Gasteiger partial charge is 0.316 e. The Morgan fingerprint density at radius 1 is 1.21 bits per heavy atom. The quantitative estimate of drug-likeness (QED) is 0.680. The molecule has 3 aromatic rings. The summed E-state index contributed by atoms with van der Waals surface area (Å²) in [6.07, 6.45) is 5.12. The number of pyridine rings is 1. The van der Waals surface area contributed by atoms with Gasteiger partial charge in [0.1, 0.15) is 11.3 Å². The van der Waals surface area contributed by atoms with Gasteiger partial charge in [-0.3, -0.25) is 4.90 Å². The van der Waals surface area contributed by atoms with E-state index in [0.717, 1.165) is 30.8 Å². The first-order chi connectivity index (χ1) is 11.7. The first kappa shape index (κ1) is 15.7. The molecule has 1 saturated heterocycles. The lowest BCUT2D eigenvalue weighted by molar-refractivity contribution is 0.325. The minimum Gasteiger partial charge on any atom is -0.316 e. The summed E-state index contributed by atoms with van der Waals surface area (Å²) in [6.45, 7) is 3.22. The summed E-state index contributed by atoms with van der Waals surface area (Å²) in [6, 6.07) is 12.9. The van der Waals surface area contributed by atoms with Crippen LogP contribution in [0.5, 0.6) is 0 Å². The second-order valence-corrected chi connectivity index (χ2v) is 7.32. The molecular formula is C19H22N4S. The maximum atomic E-state index is 4.83. The topological polar surface area (TPSA) is 34.0 Å². The van der Waals surface area contributed by atoms with Gasteiger partial charge in [0.05, 0.1) is 0 Å². The van der Waals surface area contributed by atoms with Gasteiger partial charge >= 0.3 is 0 Å². The molecule has 0 saturated carbocycles. The number of fused-ring (bicyclic) bond motifs is 1. The first-order valence-corrected chi connectivity index (χ1v) is 9.59. The number of likely N-dealkylation sites (tertiary alicyclic amines) is 1. The number of aryl methyl sites for hydroxylation is 1. The molecule has 0 bridgehead atoms. The molecular weight excluding hydrogens is 316 g/mol. The molecule has 1 aliphatic heterocycles. The van der Waals surface area contributed by atoms with E-state index in [4.69, 9.17) is 4.98 Å². The third-order valence-corrected chi connectivity index (χ3v) is 5.61. The van der Waals surface area contributed by atoms with Crippen molar-refractivity contribution >= 4 is 22.9 Å². The third-order valence-electron chi connectivity index (χ3n) is 4.87. The van der Waals surface area contributed by atoms with Crippen LogP contribution >= 0.6 is 11.8 Å².